The number of aromatic nitrogens is 5. The third kappa shape index (κ3) is 5.43. The number of phenolic OH excluding ortho intramolecular Hbond substituents is 1. The molecule has 2 aliphatic carbocycles. The van der Waals surface area contributed by atoms with E-state index in [2.05, 4.69) is 25.7 Å². The van der Waals surface area contributed by atoms with Crippen LogP contribution in [0.2, 0.25) is 0 Å². The van der Waals surface area contributed by atoms with Gasteiger partial charge in [-0.25, -0.2) is 13.2 Å². The monoisotopic (exact) mass is 621 g/mol. The number of aromatic amines is 1. The topological polar surface area (TPSA) is 121 Å². The highest BCUT2D eigenvalue weighted by Gasteiger charge is 2.36. The second kappa shape index (κ2) is 11.5. The zero-order valence-corrected chi connectivity index (χ0v) is 24.9. The summed E-state index contributed by atoms with van der Waals surface area (Å²) in [6.07, 6.45) is 1.81. The number of halogens is 3. The van der Waals surface area contributed by atoms with Crippen LogP contribution in [0.5, 0.6) is 5.75 Å². The molecule has 4 unspecified atom stereocenters. The van der Waals surface area contributed by atoms with E-state index in [0.29, 0.717) is 60.7 Å². The number of hydrogen-bond donors (Lipinski definition) is 3. The van der Waals surface area contributed by atoms with Gasteiger partial charge in [0.2, 0.25) is 5.82 Å². The minimum Gasteiger partial charge on any atom is -0.507 e. The molecule has 2 fully saturated rings. The molecular weight excluding hydrogens is 587 g/mol. The van der Waals surface area contributed by atoms with Gasteiger partial charge in [0.1, 0.15) is 17.4 Å². The molecule has 0 bridgehead atoms. The number of nitrogens with one attached hydrogen (secondary N) is 2. The average Bonchev–Trinajstić information content (AvgIpc) is 3.60. The third-order valence-electron chi connectivity index (χ3n) is 9.35. The van der Waals surface area contributed by atoms with Gasteiger partial charge in [0.05, 0.1) is 35.7 Å². The number of amides is 1. The average molecular weight is 622 g/mol. The van der Waals surface area contributed by atoms with E-state index in [1.54, 1.807) is 25.1 Å². The van der Waals surface area contributed by atoms with Crippen LogP contribution >= 0.6 is 0 Å². The number of hydrogen-bond acceptors (Lipinski definition) is 7. The van der Waals surface area contributed by atoms with E-state index >= 15 is 4.39 Å². The molecule has 4 atom stereocenters. The fraction of sp³-hybridized carbons (Fsp3) is 0.438. The van der Waals surface area contributed by atoms with Crippen LogP contribution in [0, 0.1) is 23.6 Å². The number of allylic oxidation sites excluding steroid dienone is 2. The van der Waals surface area contributed by atoms with Crippen molar-refractivity contribution in [2.75, 3.05) is 31.2 Å². The lowest BCUT2D eigenvalue weighted by Crippen LogP contribution is -2.36. The molecule has 1 saturated carbocycles. The Hall–Kier alpha value is -4.39. The highest BCUT2D eigenvalue weighted by molar-refractivity contribution is 5.94. The van der Waals surface area contributed by atoms with Crippen LogP contribution in [-0.4, -0.2) is 74.5 Å². The van der Waals surface area contributed by atoms with E-state index < -0.39 is 29.6 Å². The summed E-state index contributed by atoms with van der Waals surface area (Å²) in [7, 11) is 0. The fourth-order valence-corrected chi connectivity index (χ4v) is 6.29. The molecule has 2 aromatic carbocycles. The van der Waals surface area contributed by atoms with Gasteiger partial charge >= 0.3 is 0 Å². The number of ether oxygens (including phenoxy) is 1. The van der Waals surface area contributed by atoms with Crippen molar-refractivity contribution in [3.8, 4) is 22.8 Å². The predicted octanol–water partition coefficient (Wildman–Crippen LogP) is 5.02. The number of phenols is 1. The zero-order valence-electron chi connectivity index (χ0n) is 24.9. The first-order chi connectivity index (χ1) is 21.7. The van der Waals surface area contributed by atoms with Crippen molar-refractivity contribution in [1.29, 1.82) is 0 Å². The van der Waals surface area contributed by atoms with Gasteiger partial charge in [0.15, 0.2) is 12.0 Å². The van der Waals surface area contributed by atoms with Crippen molar-refractivity contribution in [3.05, 3.63) is 59.6 Å². The van der Waals surface area contributed by atoms with Crippen molar-refractivity contribution < 1.29 is 27.8 Å². The van der Waals surface area contributed by atoms with Crippen LogP contribution < -0.4 is 10.2 Å². The Balaban J connectivity index is 1.30. The third-order valence-corrected chi connectivity index (χ3v) is 9.35. The standard InChI is InChI=1S/C32H34F3N7O3/c1-16-17(2)29(35)24(34)11-18(16)12-25-21-14-22(28(43)15-26(21)38-37-25)30-39-40-31(32(44)36-19-3-4-19)42(30)20-5-6-27(23(33)13-20)41-7-9-45-10-8-41/h5-6,11,13-19,29,43H,3-4,7-10,12H2,1-2H3,(H,36,44)(H,37,38). The van der Waals surface area contributed by atoms with Crippen LogP contribution in [0.3, 0.4) is 0 Å². The zero-order chi connectivity index (χ0) is 31.4. The number of fused-ring (bicyclic) bond motifs is 1. The van der Waals surface area contributed by atoms with E-state index in [-0.39, 0.29) is 40.8 Å². The van der Waals surface area contributed by atoms with Crippen LogP contribution in [-0.2, 0) is 11.2 Å². The molecule has 236 valence electrons. The smallest absolute Gasteiger partial charge is 0.289 e. The molecule has 45 heavy (non-hydrogen) atoms. The van der Waals surface area contributed by atoms with Gasteiger partial charge in [-0.2, -0.15) is 5.10 Å². The first kappa shape index (κ1) is 29.3. The summed E-state index contributed by atoms with van der Waals surface area (Å²) in [5.74, 6) is -2.67. The van der Waals surface area contributed by atoms with E-state index in [1.807, 2.05) is 11.8 Å². The Kier molecular flexibility index (Phi) is 7.50. The van der Waals surface area contributed by atoms with E-state index in [0.717, 1.165) is 12.8 Å². The summed E-state index contributed by atoms with van der Waals surface area (Å²) in [6, 6.07) is 7.87. The van der Waals surface area contributed by atoms with Gasteiger partial charge < -0.3 is 20.1 Å². The summed E-state index contributed by atoms with van der Waals surface area (Å²) in [5.41, 5.74) is 2.12. The SMILES string of the molecule is CC1C(Cc2[nH]nc3cc(O)c(-c4nnc(C(=O)NC5CC5)n4-c4ccc(N5CCOCC5)c(F)c4)cc23)C=C(F)C(F)C1C. The molecule has 2 aromatic heterocycles. The fourth-order valence-electron chi connectivity index (χ4n) is 6.29. The highest BCUT2D eigenvalue weighted by Crippen LogP contribution is 2.40. The van der Waals surface area contributed by atoms with Crippen molar-refractivity contribution >= 4 is 22.5 Å². The summed E-state index contributed by atoms with van der Waals surface area (Å²) < 4.78 is 51.1. The van der Waals surface area contributed by atoms with Crippen LogP contribution in [0.1, 0.15) is 43.0 Å². The Bertz CT molecular complexity index is 1790. The molecule has 3 heterocycles. The molecule has 7 rings (SSSR count). The predicted molar refractivity (Wildman–Crippen MR) is 161 cm³/mol. The molecule has 0 spiro atoms. The maximum absolute atomic E-state index is 15.6. The molecule has 1 saturated heterocycles. The molecule has 3 aliphatic rings. The van der Waals surface area contributed by atoms with Gasteiger partial charge in [-0.05, 0) is 61.3 Å². The van der Waals surface area contributed by atoms with Crippen LogP contribution in [0.15, 0.2) is 42.2 Å². The summed E-state index contributed by atoms with van der Waals surface area (Å²) in [6.45, 7) is 5.72. The van der Waals surface area contributed by atoms with Crippen LogP contribution in [0.25, 0.3) is 28.0 Å². The number of nitrogens with zero attached hydrogens (tertiary/aromatic N) is 5. The number of rotatable bonds is 7. The van der Waals surface area contributed by atoms with Gasteiger partial charge in [-0.3, -0.25) is 14.5 Å². The molecule has 10 nitrogen and oxygen atoms in total. The lowest BCUT2D eigenvalue weighted by molar-refractivity contribution is 0.0938. The van der Waals surface area contributed by atoms with Crippen molar-refractivity contribution in [1.82, 2.24) is 30.3 Å². The van der Waals surface area contributed by atoms with Gasteiger partial charge in [-0.15, -0.1) is 10.2 Å². The van der Waals surface area contributed by atoms with Crippen molar-refractivity contribution in [2.45, 2.75) is 45.3 Å². The molecule has 1 aliphatic heterocycles. The number of benzene rings is 2. The number of morpholine rings is 1. The first-order valence-corrected chi connectivity index (χ1v) is 15.3. The van der Waals surface area contributed by atoms with E-state index in [1.165, 1.54) is 22.8 Å². The molecule has 1 amide bonds. The normalized spacial score (nSPS) is 23.8. The van der Waals surface area contributed by atoms with E-state index in [9.17, 15) is 18.7 Å². The number of carbonyl (C=O) groups is 1. The Morgan fingerprint density at radius 2 is 1.89 bits per heavy atom. The second-order valence-electron chi connectivity index (χ2n) is 12.3. The quantitative estimate of drug-likeness (QED) is 0.265. The largest absolute Gasteiger partial charge is 0.507 e. The lowest BCUT2D eigenvalue weighted by Gasteiger charge is -2.33. The van der Waals surface area contributed by atoms with Gasteiger partial charge in [0, 0.05) is 42.3 Å². The van der Waals surface area contributed by atoms with E-state index in [4.69, 9.17) is 4.74 Å². The molecule has 4 aromatic rings. The maximum atomic E-state index is 15.6. The highest BCUT2D eigenvalue weighted by atomic mass is 19.2. The Morgan fingerprint density at radius 1 is 1.11 bits per heavy atom. The minimum atomic E-state index is -1.62. The number of anilines is 1. The van der Waals surface area contributed by atoms with Crippen molar-refractivity contribution in [2.24, 2.45) is 17.8 Å². The Morgan fingerprint density at radius 3 is 2.62 bits per heavy atom. The summed E-state index contributed by atoms with van der Waals surface area (Å²) >= 11 is 0. The number of aromatic hydroxyl groups is 1. The lowest BCUT2D eigenvalue weighted by atomic mass is 9.74. The summed E-state index contributed by atoms with van der Waals surface area (Å²) in [5, 5.41) is 30.5. The molecule has 3 N–H and O–H groups in total. The maximum Gasteiger partial charge on any atom is 0.289 e. The van der Waals surface area contributed by atoms with Crippen molar-refractivity contribution in [3.63, 3.8) is 0 Å². The minimum absolute atomic E-state index is 0.0428. The Labute approximate surface area is 257 Å². The number of H-pyrrole nitrogens is 1. The second-order valence-corrected chi connectivity index (χ2v) is 12.3. The molecule has 13 heteroatoms. The molecular formula is C32H34F3N7O3. The number of alkyl halides is 1. The summed E-state index contributed by atoms with van der Waals surface area (Å²) in [4.78, 5) is 15.2. The first-order valence-electron chi connectivity index (χ1n) is 15.3. The molecule has 0 radical (unpaired) electrons. The van der Waals surface area contributed by atoms with Gasteiger partial charge in [0.25, 0.3) is 5.91 Å². The van der Waals surface area contributed by atoms with Crippen LogP contribution in [0.4, 0.5) is 18.9 Å². The van der Waals surface area contributed by atoms with Gasteiger partial charge in [-0.1, -0.05) is 13.8 Å². The number of carbonyl (C=O) groups excluding carboxylic acids is 1.